The molecule has 1 aromatic rings. The minimum atomic E-state index is -0.0790. The van der Waals surface area contributed by atoms with Gasteiger partial charge in [0, 0.05) is 6.54 Å². The molecular weight excluding hydrogens is 345 g/mol. The van der Waals surface area contributed by atoms with Crippen molar-refractivity contribution in [2.75, 3.05) is 38.0 Å². The average Bonchev–Trinajstić information content (AvgIpc) is 2.92. The summed E-state index contributed by atoms with van der Waals surface area (Å²) in [6, 6.07) is 3.12. The summed E-state index contributed by atoms with van der Waals surface area (Å²) < 4.78 is 0. The maximum absolute atomic E-state index is 12.2. The minimum Gasteiger partial charge on any atom is -0.324 e. The fraction of sp³-hybridized carbons (Fsp3) is 0.533. The van der Waals surface area contributed by atoms with E-state index in [2.05, 4.69) is 15.5 Å². The van der Waals surface area contributed by atoms with E-state index in [9.17, 15) is 4.79 Å². The number of benzene rings is 1. The summed E-state index contributed by atoms with van der Waals surface area (Å²) in [6.45, 7) is 4.48. The molecule has 0 aromatic heterocycles. The van der Waals surface area contributed by atoms with Crippen molar-refractivity contribution in [1.82, 2.24) is 10.2 Å². The summed E-state index contributed by atoms with van der Waals surface area (Å²) in [5.74, 6) is 1.35. The standard InChI is InChI=1S/C15H18Cl3N3O/c16-11-3-13(18)14(4-12(11)17)20-15(22)8-21-2-1-9-5-19-6-10(9)7-21/h3-4,9-10,19H,1-2,5-8H2,(H,20,22). The van der Waals surface area contributed by atoms with Crippen molar-refractivity contribution < 1.29 is 4.79 Å². The molecule has 2 aliphatic rings. The number of carbonyl (C=O) groups is 1. The molecule has 4 nitrogen and oxygen atoms in total. The number of nitrogens with one attached hydrogen (secondary N) is 2. The zero-order valence-electron chi connectivity index (χ0n) is 12.0. The van der Waals surface area contributed by atoms with Crippen LogP contribution < -0.4 is 10.6 Å². The van der Waals surface area contributed by atoms with Gasteiger partial charge < -0.3 is 10.6 Å². The molecule has 2 fully saturated rings. The third-order valence-electron chi connectivity index (χ3n) is 4.44. The number of rotatable bonds is 3. The SMILES string of the molecule is O=C(CN1CCC2CNCC2C1)Nc1cc(Cl)c(Cl)cc1Cl. The van der Waals surface area contributed by atoms with Gasteiger partial charge in [-0.1, -0.05) is 34.8 Å². The summed E-state index contributed by atoms with van der Waals surface area (Å²) >= 11 is 17.9. The highest BCUT2D eigenvalue weighted by Crippen LogP contribution is 2.32. The second kappa shape index (κ2) is 6.93. The summed E-state index contributed by atoms with van der Waals surface area (Å²) in [6.07, 6.45) is 1.15. The number of hydrogen-bond acceptors (Lipinski definition) is 3. The Labute approximate surface area is 145 Å². The molecule has 0 spiro atoms. The third-order valence-corrected chi connectivity index (χ3v) is 5.47. The second-order valence-corrected chi connectivity index (χ2v) is 7.22. The molecule has 2 heterocycles. The number of fused-ring (bicyclic) bond motifs is 1. The van der Waals surface area contributed by atoms with Crippen LogP contribution in [0.15, 0.2) is 12.1 Å². The molecule has 2 atom stereocenters. The van der Waals surface area contributed by atoms with E-state index in [0.717, 1.165) is 38.5 Å². The molecular formula is C15H18Cl3N3O. The van der Waals surface area contributed by atoms with Gasteiger partial charge in [-0.2, -0.15) is 0 Å². The van der Waals surface area contributed by atoms with Crippen LogP contribution in [0.1, 0.15) is 6.42 Å². The molecule has 0 radical (unpaired) electrons. The van der Waals surface area contributed by atoms with Crippen LogP contribution in [0, 0.1) is 11.8 Å². The molecule has 1 amide bonds. The second-order valence-electron chi connectivity index (χ2n) is 6.00. The van der Waals surface area contributed by atoms with Gasteiger partial charge in [0.1, 0.15) is 0 Å². The lowest BCUT2D eigenvalue weighted by Gasteiger charge is -2.33. The third kappa shape index (κ3) is 3.69. The van der Waals surface area contributed by atoms with Gasteiger partial charge in [-0.25, -0.2) is 0 Å². The molecule has 3 rings (SSSR count). The number of hydrogen-bond donors (Lipinski definition) is 2. The van der Waals surface area contributed by atoms with Crippen LogP contribution in [0.5, 0.6) is 0 Å². The Morgan fingerprint density at radius 2 is 1.91 bits per heavy atom. The molecule has 1 aromatic carbocycles. The van der Waals surface area contributed by atoms with Gasteiger partial charge in [-0.05, 0) is 50.0 Å². The van der Waals surface area contributed by atoms with Crippen molar-refractivity contribution in [2.24, 2.45) is 11.8 Å². The highest BCUT2D eigenvalue weighted by molar-refractivity contribution is 6.44. The summed E-state index contributed by atoms with van der Waals surface area (Å²) in [4.78, 5) is 14.4. The molecule has 7 heteroatoms. The number of likely N-dealkylation sites (tertiary alicyclic amines) is 1. The van der Waals surface area contributed by atoms with Crippen molar-refractivity contribution in [3.05, 3.63) is 27.2 Å². The molecule has 0 bridgehead atoms. The first-order chi connectivity index (χ1) is 10.5. The molecule has 2 N–H and O–H groups in total. The van der Waals surface area contributed by atoms with Crippen LogP contribution in [-0.4, -0.2) is 43.5 Å². The first-order valence-corrected chi connectivity index (χ1v) is 8.54. The lowest BCUT2D eigenvalue weighted by Crippen LogP contribution is -2.43. The maximum atomic E-state index is 12.2. The number of amides is 1. The smallest absolute Gasteiger partial charge is 0.238 e. The predicted molar refractivity (Wildman–Crippen MR) is 91.0 cm³/mol. The summed E-state index contributed by atoms with van der Waals surface area (Å²) in [7, 11) is 0. The fourth-order valence-corrected chi connectivity index (χ4v) is 3.86. The van der Waals surface area contributed by atoms with Crippen molar-refractivity contribution >= 4 is 46.4 Å². The molecule has 120 valence electrons. The Bertz CT molecular complexity index is 581. The lowest BCUT2D eigenvalue weighted by molar-refractivity contribution is -0.117. The van der Waals surface area contributed by atoms with Crippen molar-refractivity contribution in [1.29, 1.82) is 0 Å². The largest absolute Gasteiger partial charge is 0.324 e. The first kappa shape index (κ1) is 16.3. The topological polar surface area (TPSA) is 44.4 Å². The normalized spacial score (nSPS) is 25.0. The van der Waals surface area contributed by atoms with E-state index in [0.29, 0.717) is 33.2 Å². The Hall–Kier alpha value is -0.520. The Morgan fingerprint density at radius 1 is 1.18 bits per heavy atom. The number of carbonyl (C=O) groups excluding carboxylic acids is 1. The quantitative estimate of drug-likeness (QED) is 0.812. The van der Waals surface area contributed by atoms with Crippen LogP contribution in [-0.2, 0) is 4.79 Å². The highest BCUT2D eigenvalue weighted by Gasteiger charge is 2.33. The number of halogens is 3. The summed E-state index contributed by atoms with van der Waals surface area (Å²) in [5, 5.41) is 7.38. The highest BCUT2D eigenvalue weighted by atomic mass is 35.5. The molecule has 2 aliphatic heterocycles. The molecule has 2 unspecified atom stereocenters. The minimum absolute atomic E-state index is 0.0790. The predicted octanol–water partition coefficient (Wildman–Crippen LogP) is 3.13. The van der Waals surface area contributed by atoms with Crippen LogP contribution in [0.25, 0.3) is 0 Å². The van der Waals surface area contributed by atoms with Gasteiger partial charge in [0.25, 0.3) is 0 Å². The van der Waals surface area contributed by atoms with E-state index in [4.69, 9.17) is 34.8 Å². The Morgan fingerprint density at radius 3 is 2.73 bits per heavy atom. The van der Waals surface area contributed by atoms with Crippen LogP contribution >= 0.6 is 34.8 Å². The maximum Gasteiger partial charge on any atom is 0.238 e. The summed E-state index contributed by atoms with van der Waals surface area (Å²) in [5.41, 5.74) is 0.499. The van der Waals surface area contributed by atoms with Gasteiger partial charge in [0.2, 0.25) is 5.91 Å². The van der Waals surface area contributed by atoms with E-state index in [1.807, 2.05) is 0 Å². The van der Waals surface area contributed by atoms with Crippen LogP contribution in [0.3, 0.4) is 0 Å². The Balaban J connectivity index is 1.57. The van der Waals surface area contributed by atoms with Gasteiger partial charge >= 0.3 is 0 Å². The molecule has 0 saturated carbocycles. The lowest BCUT2D eigenvalue weighted by atomic mass is 9.89. The molecule has 22 heavy (non-hydrogen) atoms. The average molecular weight is 363 g/mol. The monoisotopic (exact) mass is 361 g/mol. The first-order valence-electron chi connectivity index (χ1n) is 7.40. The van der Waals surface area contributed by atoms with Crippen molar-refractivity contribution in [3.8, 4) is 0 Å². The molecule has 0 aliphatic carbocycles. The number of nitrogens with zero attached hydrogens (tertiary/aromatic N) is 1. The van der Waals surface area contributed by atoms with Gasteiger partial charge in [-0.15, -0.1) is 0 Å². The Kier molecular flexibility index (Phi) is 5.15. The van der Waals surface area contributed by atoms with Crippen LogP contribution in [0.4, 0.5) is 5.69 Å². The van der Waals surface area contributed by atoms with E-state index in [-0.39, 0.29) is 5.91 Å². The van der Waals surface area contributed by atoms with E-state index in [1.54, 1.807) is 6.07 Å². The number of anilines is 1. The van der Waals surface area contributed by atoms with Gasteiger partial charge in [0.05, 0.1) is 27.3 Å². The zero-order chi connectivity index (χ0) is 15.7. The van der Waals surface area contributed by atoms with Gasteiger partial charge in [0.15, 0.2) is 0 Å². The van der Waals surface area contributed by atoms with E-state index < -0.39 is 0 Å². The van der Waals surface area contributed by atoms with Crippen molar-refractivity contribution in [2.45, 2.75) is 6.42 Å². The number of piperidine rings is 1. The fourth-order valence-electron chi connectivity index (χ4n) is 3.26. The zero-order valence-corrected chi connectivity index (χ0v) is 14.3. The van der Waals surface area contributed by atoms with E-state index in [1.165, 1.54) is 6.07 Å². The van der Waals surface area contributed by atoms with E-state index >= 15 is 0 Å². The van der Waals surface area contributed by atoms with Gasteiger partial charge in [-0.3, -0.25) is 9.69 Å². The molecule has 2 saturated heterocycles. The van der Waals surface area contributed by atoms with Crippen LogP contribution in [0.2, 0.25) is 15.1 Å². The van der Waals surface area contributed by atoms with Crippen molar-refractivity contribution in [3.63, 3.8) is 0 Å².